The summed E-state index contributed by atoms with van der Waals surface area (Å²) in [6.07, 6.45) is 14.6. The van der Waals surface area contributed by atoms with Crippen molar-refractivity contribution in [2.45, 2.75) is 95.8 Å². The Morgan fingerprint density at radius 1 is 0.920 bits per heavy atom. The summed E-state index contributed by atoms with van der Waals surface area (Å²) in [7, 11) is 0. The monoisotopic (exact) mass is 346 g/mol. The van der Waals surface area contributed by atoms with Crippen LogP contribution in [0.25, 0.3) is 0 Å². The van der Waals surface area contributed by atoms with Gasteiger partial charge in [-0.1, -0.05) is 51.5 Å². The average Bonchev–Trinajstić information content (AvgIpc) is 2.68. The summed E-state index contributed by atoms with van der Waals surface area (Å²) in [6.45, 7) is 2.66. The van der Waals surface area contributed by atoms with E-state index in [2.05, 4.69) is 19.1 Å². The van der Waals surface area contributed by atoms with Crippen molar-refractivity contribution in [1.82, 2.24) is 0 Å². The Bertz CT molecular complexity index is 527. The summed E-state index contributed by atoms with van der Waals surface area (Å²) >= 11 is 0. The summed E-state index contributed by atoms with van der Waals surface area (Å²) < 4.78 is 19.7. The lowest BCUT2D eigenvalue weighted by Gasteiger charge is -2.31. The molecule has 0 heterocycles. The van der Waals surface area contributed by atoms with Crippen molar-refractivity contribution < 1.29 is 9.13 Å². The van der Waals surface area contributed by atoms with Gasteiger partial charge < -0.3 is 4.74 Å². The SMILES string of the molecule is CCCOc1ccc(C2CCCCC2)c(CCF)c1C1CCCCC1. The first kappa shape index (κ1) is 18.7. The van der Waals surface area contributed by atoms with Crippen molar-refractivity contribution in [2.24, 2.45) is 0 Å². The van der Waals surface area contributed by atoms with E-state index < -0.39 is 0 Å². The van der Waals surface area contributed by atoms with Crippen LogP contribution < -0.4 is 4.74 Å². The maximum Gasteiger partial charge on any atom is 0.123 e. The van der Waals surface area contributed by atoms with Gasteiger partial charge in [0, 0.05) is 12.0 Å². The van der Waals surface area contributed by atoms with E-state index in [4.69, 9.17) is 4.74 Å². The molecule has 2 aliphatic carbocycles. The minimum absolute atomic E-state index is 0.253. The number of hydrogen-bond acceptors (Lipinski definition) is 1. The third kappa shape index (κ3) is 4.57. The van der Waals surface area contributed by atoms with E-state index in [9.17, 15) is 4.39 Å². The van der Waals surface area contributed by atoms with Gasteiger partial charge in [0.05, 0.1) is 13.3 Å². The zero-order valence-corrected chi connectivity index (χ0v) is 16.0. The lowest BCUT2D eigenvalue weighted by molar-refractivity contribution is 0.306. The number of benzene rings is 1. The van der Waals surface area contributed by atoms with E-state index in [0.717, 1.165) is 18.8 Å². The van der Waals surface area contributed by atoms with Crippen LogP contribution >= 0.6 is 0 Å². The molecule has 1 nitrogen and oxygen atoms in total. The van der Waals surface area contributed by atoms with Crippen molar-refractivity contribution in [3.05, 3.63) is 28.8 Å². The van der Waals surface area contributed by atoms with E-state index >= 15 is 0 Å². The van der Waals surface area contributed by atoms with Crippen LogP contribution in [0.1, 0.15) is 106 Å². The van der Waals surface area contributed by atoms with Crippen molar-refractivity contribution in [2.75, 3.05) is 13.3 Å². The first-order valence-electron chi connectivity index (χ1n) is 10.7. The molecule has 2 saturated carbocycles. The smallest absolute Gasteiger partial charge is 0.123 e. The summed E-state index contributed by atoms with van der Waals surface area (Å²) in [5, 5.41) is 0. The highest BCUT2D eigenvalue weighted by Gasteiger charge is 2.27. The van der Waals surface area contributed by atoms with Crippen LogP contribution in [0.5, 0.6) is 5.75 Å². The van der Waals surface area contributed by atoms with Gasteiger partial charge in [0.1, 0.15) is 5.75 Å². The molecule has 2 fully saturated rings. The average molecular weight is 347 g/mol. The van der Waals surface area contributed by atoms with E-state index in [1.807, 2.05) is 0 Å². The van der Waals surface area contributed by atoms with Crippen LogP contribution in [-0.2, 0) is 6.42 Å². The molecule has 0 spiro atoms. The minimum Gasteiger partial charge on any atom is -0.493 e. The molecule has 140 valence electrons. The molecule has 1 aromatic rings. The zero-order chi connectivity index (χ0) is 17.5. The van der Waals surface area contributed by atoms with Gasteiger partial charge in [-0.15, -0.1) is 0 Å². The Balaban J connectivity index is 2.00. The third-order valence-electron chi connectivity index (χ3n) is 6.22. The van der Waals surface area contributed by atoms with Gasteiger partial charge in [-0.3, -0.25) is 4.39 Å². The van der Waals surface area contributed by atoms with Gasteiger partial charge >= 0.3 is 0 Å². The summed E-state index contributed by atoms with van der Waals surface area (Å²) in [4.78, 5) is 0. The molecule has 1 aromatic carbocycles. The van der Waals surface area contributed by atoms with Crippen molar-refractivity contribution in [1.29, 1.82) is 0 Å². The molecule has 0 unspecified atom stereocenters. The standard InChI is InChI=1S/C23H35FO/c1-2-17-25-22-14-13-20(18-9-5-3-6-10-18)21(15-16-24)23(22)19-11-7-4-8-12-19/h13-14,18-19H,2-12,15-17H2,1H3. The Kier molecular flexibility index (Phi) is 7.19. The minimum atomic E-state index is -0.253. The maximum absolute atomic E-state index is 13.5. The molecule has 3 rings (SSSR count). The van der Waals surface area contributed by atoms with E-state index in [1.54, 1.807) is 0 Å². The van der Waals surface area contributed by atoms with Crippen LogP contribution in [-0.4, -0.2) is 13.3 Å². The Labute approximate surface area is 153 Å². The predicted octanol–water partition coefficient (Wildman–Crippen LogP) is 7.08. The van der Waals surface area contributed by atoms with Gasteiger partial charge in [0.15, 0.2) is 0 Å². The molecule has 0 saturated heterocycles. The molecular formula is C23H35FO. The van der Waals surface area contributed by atoms with Crippen molar-refractivity contribution in [3.63, 3.8) is 0 Å². The number of ether oxygens (including phenoxy) is 1. The van der Waals surface area contributed by atoms with Crippen molar-refractivity contribution >= 4 is 0 Å². The second-order valence-electron chi connectivity index (χ2n) is 8.00. The second-order valence-corrected chi connectivity index (χ2v) is 8.00. The predicted molar refractivity (Wildman–Crippen MR) is 104 cm³/mol. The summed E-state index contributed by atoms with van der Waals surface area (Å²) in [6, 6.07) is 4.49. The van der Waals surface area contributed by atoms with Crippen LogP contribution in [0.4, 0.5) is 4.39 Å². The summed E-state index contributed by atoms with van der Waals surface area (Å²) in [5.41, 5.74) is 4.14. The fourth-order valence-corrected chi connectivity index (χ4v) is 5.01. The van der Waals surface area contributed by atoms with Crippen LogP contribution in [0.2, 0.25) is 0 Å². The second kappa shape index (κ2) is 9.59. The molecule has 2 heteroatoms. The van der Waals surface area contributed by atoms with Gasteiger partial charge in [-0.2, -0.15) is 0 Å². The number of halogens is 1. The topological polar surface area (TPSA) is 9.23 Å². The fraction of sp³-hybridized carbons (Fsp3) is 0.739. The van der Waals surface area contributed by atoms with Gasteiger partial charge in [-0.05, 0) is 61.1 Å². The first-order valence-corrected chi connectivity index (χ1v) is 10.7. The lowest BCUT2D eigenvalue weighted by atomic mass is 9.75. The number of alkyl halides is 1. The first-order chi connectivity index (χ1) is 12.3. The highest BCUT2D eigenvalue weighted by molar-refractivity contribution is 5.49. The fourth-order valence-electron chi connectivity index (χ4n) is 5.01. The van der Waals surface area contributed by atoms with E-state index in [-0.39, 0.29) is 6.67 Å². The van der Waals surface area contributed by atoms with Crippen LogP contribution in [0.15, 0.2) is 12.1 Å². The molecule has 0 aromatic heterocycles. The van der Waals surface area contributed by atoms with E-state index in [0.29, 0.717) is 18.3 Å². The van der Waals surface area contributed by atoms with Crippen molar-refractivity contribution in [3.8, 4) is 5.75 Å². The third-order valence-corrected chi connectivity index (χ3v) is 6.22. The van der Waals surface area contributed by atoms with E-state index in [1.165, 1.54) is 80.9 Å². The molecule has 0 amide bonds. The largest absolute Gasteiger partial charge is 0.493 e. The maximum atomic E-state index is 13.5. The molecule has 0 bridgehead atoms. The summed E-state index contributed by atoms with van der Waals surface area (Å²) in [5.74, 6) is 2.26. The number of hydrogen-bond donors (Lipinski definition) is 0. The molecule has 2 aliphatic rings. The normalized spacial score (nSPS) is 19.9. The molecule has 0 atom stereocenters. The number of rotatable bonds is 7. The van der Waals surface area contributed by atoms with Gasteiger partial charge in [0.2, 0.25) is 0 Å². The highest BCUT2D eigenvalue weighted by atomic mass is 19.1. The molecule has 0 radical (unpaired) electrons. The van der Waals surface area contributed by atoms with Crippen LogP contribution in [0.3, 0.4) is 0 Å². The Hall–Kier alpha value is -1.05. The quantitative estimate of drug-likeness (QED) is 0.512. The molecular weight excluding hydrogens is 311 g/mol. The molecule has 25 heavy (non-hydrogen) atoms. The lowest BCUT2D eigenvalue weighted by Crippen LogP contribution is -2.15. The van der Waals surface area contributed by atoms with Crippen LogP contribution in [0, 0.1) is 0 Å². The molecule has 0 aliphatic heterocycles. The molecule has 0 N–H and O–H groups in total. The zero-order valence-electron chi connectivity index (χ0n) is 16.0. The Morgan fingerprint density at radius 3 is 2.16 bits per heavy atom. The Morgan fingerprint density at radius 2 is 1.56 bits per heavy atom. The van der Waals surface area contributed by atoms with Gasteiger partial charge in [-0.25, -0.2) is 0 Å². The highest BCUT2D eigenvalue weighted by Crippen LogP contribution is 2.44. The van der Waals surface area contributed by atoms with Gasteiger partial charge in [0.25, 0.3) is 0 Å².